The van der Waals surface area contributed by atoms with Crippen LogP contribution in [0.15, 0.2) is 34.9 Å². The monoisotopic (exact) mass is 394 g/mol. The van der Waals surface area contributed by atoms with Crippen molar-refractivity contribution in [2.45, 2.75) is 70.6 Å². The molecule has 1 amide bonds. The second-order valence-corrected chi connectivity index (χ2v) is 9.58. The highest BCUT2D eigenvalue weighted by atomic mass is 16.6. The number of likely N-dealkylation sites (tertiary alicyclic amines) is 1. The molecule has 0 radical (unpaired) electrons. The van der Waals surface area contributed by atoms with E-state index in [0.29, 0.717) is 6.54 Å². The second-order valence-electron chi connectivity index (χ2n) is 9.58. The lowest BCUT2D eigenvalue weighted by atomic mass is 9.78. The molecule has 5 rings (SSSR count). The van der Waals surface area contributed by atoms with E-state index in [9.17, 15) is 4.79 Å². The fourth-order valence-electron chi connectivity index (χ4n) is 5.37. The fourth-order valence-corrected chi connectivity index (χ4v) is 5.37. The lowest BCUT2D eigenvalue weighted by molar-refractivity contribution is 0.0196. The Morgan fingerprint density at radius 1 is 1.21 bits per heavy atom. The van der Waals surface area contributed by atoms with Gasteiger partial charge in [-0.15, -0.1) is 0 Å². The molecule has 1 N–H and O–H groups in total. The predicted octanol–water partition coefficient (Wildman–Crippen LogP) is 5.62. The number of aryl methyl sites for hydroxylation is 1. The first-order valence-electron chi connectivity index (χ1n) is 10.9. The summed E-state index contributed by atoms with van der Waals surface area (Å²) in [5, 5.41) is 3.83. The Labute approximate surface area is 172 Å². The Balaban J connectivity index is 1.59. The van der Waals surface area contributed by atoms with Gasteiger partial charge in [0.25, 0.3) is 0 Å². The maximum Gasteiger partial charge on any atom is 0.410 e. The minimum absolute atomic E-state index is 0.0171. The van der Waals surface area contributed by atoms with Crippen molar-refractivity contribution >= 4 is 11.8 Å². The predicted molar refractivity (Wildman–Crippen MR) is 112 cm³/mol. The van der Waals surface area contributed by atoms with Crippen molar-refractivity contribution in [2.24, 2.45) is 5.92 Å². The minimum atomic E-state index is -0.499. The topological polar surface area (TPSA) is 54.7 Å². The minimum Gasteiger partial charge on any atom is -0.467 e. The van der Waals surface area contributed by atoms with Crippen molar-refractivity contribution < 1.29 is 13.9 Å². The van der Waals surface area contributed by atoms with Gasteiger partial charge < -0.3 is 19.4 Å². The van der Waals surface area contributed by atoms with E-state index in [1.54, 1.807) is 6.26 Å². The summed E-state index contributed by atoms with van der Waals surface area (Å²) in [6.45, 7) is 6.49. The number of carbonyl (C=O) groups is 1. The molecular weight excluding hydrogens is 364 g/mol. The van der Waals surface area contributed by atoms with E-state index < -0.39 is 5.60 Å². The van der Waals surface area contributed by atoms with Crippen LogP contribution >= 0.6 is 0 Å². The number of fused-ring (bicyclic) bond motifs is 5. The molecule has 1 aromatic heterocycles. The van der Waals surface area contributed by atoms with Gasteiger partial charge in [-0.25, -0.2) is 4.79 Å². The van der Waals surface area contributed by atoms with Crippen LogP contribution in [0.1, 0.15) is 74.6 Å². The largest absolute Gasteiger partial charge is 0.467 e. The van der Waals surface area contributed by atoms with Crippen LogP contribution in [0.2, 0.25) is 0 Å². The number of nitrogens with one attached hydrogen (secondary N) is 1. The Hall–Kier alpha value is -2.43. The number of rotatable bonds is 1. The van der Waals surface area contributed by atoms with Crippen molar-refractivity contribution in [2.75, 3.05) is 11.9 Å². The lowest BCUT2D eigenvalue weighted by Crippen LogP contribution is -2.40. The van der Waals surface area contributed by atoms with Gasteiger partial charge in [0, 0.05) is 18.2 Å². The molecular formula is C24H30N2O3. The molecule has 29 heavy (non-hydrogen) atoms. The van der Waals surface area contributed by atoms with Gasteiger partial charge in [-0.05, 0) is 81.7 Å². The third-order valence-corrected chi connectivity index (χ3v) is 6.53. The van der Waals surface area contributed by atoms with Gasteiger partial charge in [0.1, 0.15) is 11.4 Å². The molecule has 3 heterocycles. The van der Waals surface area contributed by atoms with Crippen LogP contribution in [0.25, 0.3) is 0 Å². The van der Waals surface area contributed by atoms with Crippen molar-refractivity contribution in [3.63, 3.8) is 0 Å². The molecule has 0 spiro atoms. The van der Waals surface area contributed by atoms with Crippen molar-refractivity contribution in [1.29, 1.82) is 0 Å². The molecule has 0 bridgehead atoms. The highest BCUT2D eigenvalue weighted by Crippen LogP contribution is 2.53. The Morgan fingerprint density at radius 3 is 2.79 bits per heavy atom. The van der Waals surface area contributed by atoms with E-state index in [-0.39, 0.29) is 24.1 Å². The standard InChI is InChI=1S/C24H30N2O3/c1-24(2,3)29-23(27)26-13-12-18-21(19-9-6-14-28-19)25-20-16-8-5-4-7-15(16)10-11-17(20)22(18)26/h6,9-11,14,18,21-22,25H,4-5,7-8,12-13H2,1-3H3/t18-,21-,22+/m1/s1. The van der Waals surface area contributed by atoms with E-state index in [1.165, 1.54) is 35.2 Å². The van der Waals surface area contributed by atoms with Crippen molar-refractivity contribution in [1.82, 2.24) is 4.90 Å². The van der Waals surface area contributed by atoms with Crippen LogP contribution in [0.5, 0.6) is 0 Å². The van der Waals surface area contributed by atoms with E-state index >= 15 is 0 Å². The first-order chi connectivity index (χ1) is 13.9. The molecule has 1 saturated heterocycles. The third kappa shape index (κ3) is 3.21. The summed E-state index contributed by atoms with van der Waals surface area (Å²) < 4.78 is 11.6. The maximum atomic E-state index is 13.1. The summed E-state index contributed by atoms with van der Waals surface area (Å²) in [4.78, 5) is 15.0. The summed E-state index contributed by atoms with van der Waals surface area (Å²) in [5.41, 5.74) is 4.84. The highest BCUT2D eigenvalue weighted by Gasteiger charge is 2.48. The average Bonchev–Trinajstić information content (AvgIpc) is 3.36. The SMILES string of the molecule is CC(C)(C)OC(=O)N1CC[C@@H]2[C@H](c3ccco3)Nc3c(ccc4c3CCCC4)[C@@H]21. The summed E-state index contributed by atoms with van der Waals surface area (Å²) in [7, 11) is 0. The Morgan fingerprint density at radius 2 is 2.03 bits per heavy atom. The molecule has 0 saturated carbocycles. The van der Waals surface area contributed by atoms with Crippen LogP contribution in [-0.2, 0) is 17.6 Å². The Bertz CT molecular complexity index is 913. The first kappa shape index (κ1) is 18.6. The number of benzene rings is 1. The highest BCUT2D eigenvalue weighted by molar-refractivity contribution is 5.72. The van der Waals surface area contributed by atoms with E-state index in [0.717, 1.165) is 25.0 Å². The molecule has 0 unspecified atom stereocenters. The molecule has 1 aliphatic carbocycles. The summed E-state index contributed by atoms with van der Waals surface area (Å²) in [5.74, 6) is 1.22. The van der Waals surface area contributed by atoms with Crippen LogP contribution in [0.4, 0.5) is 10.5 Å². The quantitative estimate of drug-likeness (QED) is 0.682. The first-order valence-corrected chi connectivity index (χ1v) is 10.9. The normalized spacial score (nSPS) is 25.6. The van der Waals surface area contributed by atoms with Crippen molar-refractivity contribution in [3.05, 3.63) is 53.0 Å². The number of nitrogens with zero attached hydrogens (tertiary/aromatic N) is 1. The molecule has 5 heteroatoms. The van der Waals surface area contributed by atoms with Crippen LogP contribution < -0.4 is 5.32 Å². The molecule has 3 atom stereocenters. The second kappa shape index (κ2) is 6.82. The number of carbonyl (C=O) groups excluding carboxylic acids is 1. The zero-order chi connectivity index (χ0) is 20.2. The molecule has 2 aliphatic heterocycles. The number of ether oxygens (including phenoxy) is 1. The molecule has 5 nitrogen and oxygen atoms in total. The average molecular weight is 395 g/mol. The summed E-state index contributed by atoms with van der Waals surface area (Å²) in [6, 6.07) is 8.61. The molecule has 1 aromatic carbocycles. The van der Waals surface area contributed by atoms with E-state index in [4.69, 9.17) is 9.15 Å². The number of hydrogen-bond donors (Lipinski definition) is 1. The number of anilines is 1. The fraction of sp³-hybridized carbons (Fsp3) is 0.542. The van der Waals surface area contributed by atoms with Gasteiger partial charge in [0.2, 0.25) is 0 Å². The van der Waals surface area contributed by atoms with Gasteiger partial charge >= 0.3 is 6.09 Å². The summed E-state index contributed by atoms with van der Waals surface area (Å²) >= 11 is 0. The number of amides is 1. The van der Waals surface area contributed by atoms with Crippen LogP contribution in [-0.4, -0.2) is 23.1 Å². The maximum absolute atomic E-state index is 13.1. The van der Waals surface area contributed by atoms with Crippen LogP contribution in [0, 0.1) is 5.92 Å². The Kier molecular flexibility index (Phi) is 4.37. The lowest BCUT2D eigenvalue weighted by Gasteiger charge is -2.41. The molecule has 3 aliphatic rings. The van der Waals surface area contributed by atoms with E-state index in [2.05, 4.69) is 17.4 Å². The van der Waals surface area contributed by atoms with E-state index in [1.807, 2.05) is 37.8 Å². The van der Waals surface area contributed by atoms with Gasteiger partial charge in [-0.3, -0.25) is 0 Å². The van der Waals surface area contributed by atoms with Gasteiger partial charge in [0.15, 0.2) is 0 Å². The van der Waals surface area contributed by atoms with Gasteiger partial charge in [-0.1, -0.05) is 12.1 Å². The van der Waals surface area contributed by atoms with Crippen molar-refractivity contribution in [3.8, 4) is 0 Å². The number of furan rings is 1. The van der Waals surface area contributed by atoms with Crippen LogP contribution in [0.3, 0.4) is 0 Å². The smallest absolute Gasteiger partial charge is 0.410 e. The van der Waals surface area contributed by atoms with Gasteiger partial charge in [-0.2, -0.15) is 0 Å². The number of hydrogen-bond acceptors (Lipinski definition) is 4. The zero-order valence-corrected chi connectivity index (χ0v) is 17.5. The van der Waals surface area contributed by atoms with Gasteiger partial charge in [0.05, 0.1) is 18.3 Å². The molecule has 2 aromatic rings. The molecule has 1 fully saturated rings. The third-order valence-electron chi connectivity index (χ3n) is 6.53. The summed E-state index contributed by atoms with van der Waals surface area (Å²) in [6.07, 6.45) is 7.17. The molecule has 154 valence electrons. The zero-order valence-electron chi connectivity index (χ0n) is 17.5.